The highest BCUT2D eigenvalue weighted by atomic mass is 35.5. The van der Waals surface area contributed by atoms with E-state index in [0.29, 0.717) is 5.02 Å². The molecule has 1 fully saturated rings. The Hall–Kier alpha value is -2.67. The highest BCUT2D eigenvalue weighted by Gasteiger charge is 2.25. The number of nitrogens with zero attached hydrogens (tertiary/aromatic N) is 4. The number of amides is 1. The molecule has 0 atom stereocenters. The molecule has 3 heterocycles. The predicted octanol–water partition coefficient (Wildman–Crippen LogP) is 5.01. The van der Waals surface area contributed by atoms with Crippen molar-refractivity contribution < 1.29 is 4.79 Å². The van der Waals surface area contributed by atoms with Crippen molar-refractivity contribution in [3.8, 4) is 5.69 Å². The molecule has 158 valence electrons. The lowest BCUT2D eigenvalue weighted by atomic mass is 10.2. The molecule has 5 nitrogen and oxygen atoms in total. The molecule has 7 heteroatoms. The van der Waals surface area contributed by atoms with E-state index in [4.69, 9.17) is 11.6 Å². The summed E-state index contributed by atoms with van der Waals surface area (Å²) in [5, 5.41) is 6.39. The highest BCUT2D eigenvalue weighted by molar-refractivity contribution is 7.20. The second kappa shape index (κ2) is 8.46. The van der Waals surface area contributed by atoms with Gasteiger partial charge in [0.05, 0.1) is 16.3 Å². The van der Waals surface area contributed by atoms with Gasteiger partial charge in [-0.25, -0.2) is 4.68 Å². The molecule has 1 saturated heterocycles. The summed E-state index contributed by atoms with van der Waals surface area (Å²) in [7, 11) is 0. The Kier molecular flexibility index (Phi) is 5.52. The number of aryl methyl sites for hydroxylation is 1. The van der Waals surface area contributed by atoms with Crippen LogP contribution in [0.15, 0.2) is 60.7 Å². The SMILES string of the molecule is Cc1nn(-c2ccc(Cl)cc2)c2sc(C(=O)N3CCN(Cc4ccccc4)CC3)cc12. The molecular weight excluding hydrogens is 428 g/mol. The fourth-order valence-corrected chi connectivity index (χ4v) is 5.29. The van der Waals surface area contributed by atoms with Gasteiger partial charge in [-0.15, -0.1) is 11.3 Å². The van der Waals surface area contributed by atoms with Gasteiger partial charge in [0.15, 0.2) is 0 Å². The summed E-state index contributed by atoms with van der Waals surface area (Å²) in [6.07, 6.45) is 0. The van der Waals surface area contributed by atoms with Gasteiger partial charge in [-0.05, 0) is 42.8 Å². The number of fused-ring (bicyclic) bond motifs is 1. The Bertz CT molecular complexity index is 1210. The third-order valence-corrected chi connectivity index (χ3v) is 7.09. The normalized spacial score (nSPS) is 15.0. The Morgan fingerprint density at radius 2 is 1.74 bits per heavy atom. The van der Waals surface area contributed by atoms with Gasteiger partial charge in [-0.1, -0.05) is 41.9 Å². The lowest BCUT2D eigenvalue weighted by Gasteiger charge is -2.34. The summed E-state index contributed by atoms with van der Waals surface area (Å²) >= 11 is 7.54. The first kappa shape index (κ1) is 20.2. The summed E-state index contributed by atoms with van der Waals surface area (Å²) in [5.74, 6) is 0.114. The van der Waals surface area contributed by atoms with Crippen molar-refractivity contribution in [2.45, 2.75) is 13.5 Å². The molecule has 2 aromatic heterocycles. The van der Waals surface area contributed by atoms with Crippen molar-refractivity contribution in [3.05, 3.63) is 81.8 Å². The Labute approximate surface area is 190 Å². The molecule has 1 aliphatic heterocycles. The molecular formula is C24H23ClN4OS. The number of thiophene rings is 1. The molecule has 0 saturated carbocycles. The van der Waals surface area contributed by atoms with Crippen LogP contribution in [0.25, 0.3) is 15.9 Å². The second-order valence-corrected chi connectivity index (χ2v) is 9.32. The molecule has 31 heavy (non-hydrogen) atoms. The van der Waals surface area contributed by atoms with E-state index >= 15 is 0 Å². The van der Waals surface area contributed by atoms with E-state index in [1.807, 2.05) is 52.9 Å². The summed E-state index contributed by atoms with van der Waals surface area (Å²) < 4.78 is 1.90. The monoisotopic (exact) mass is 450 g/mol. The molecule has 0 aliphatic carbocycles. The minimum absolute atomic E-state index is 0.114. The van der Waals surface area contributed by atoms with E-state index < -0.39 is 0 Å². The maximum absolute atomic E-state index is 13.2. The maximum Gasteiger partial charge on any atom is 0.264 e. The van der Waals surface area contributed by atoms with Crippen molar-refractivity contribution in [2.24, 2.45) is 0 Å². The number of hydrogen-bond acceptors (Lipinski definition) is 4. The predicted molar refractivity (Wildman–Crippen MR) is 126 cm³/mol. The van der Waals surface area contributed by atoms with Gasteiger partial charge < -0.3 is 4.90 Å². The molecule has 1 aliphatic rings. The van der Waals surface area contributed by atoms with Gasteiger partial charge in [0.25, 0.3) is 5.91 Å². The van der Waals surface area contributed by atoms with Crippen LogP contribution in [-0.2, 0) is 6.54 Å². The first-order valence-corrected chi connectivity index (χ1v) is 11.6. The van der Waals surface area contributed by atoms with Crippen molar-refractivity contribution in [2.75, 3.05) is 26.2 Å². The van der Waals surface area contributed by atoms with E-state index in [0.717, 1.165) is 59.2 Å². The largest absolute Gasteiger partial charge is 0.335 e. The van der Waals surface area contributed by atoms with Crippen LogP contribution in [0.1, 0.15) is 20.9 Å². The van der Waals surface area contributed by atoms with Crippen LogP contribution in [0.2, 0.25) is 5.02 Å². The molecule has 1 amide bonds. The third-order valence-electron chi connectivity index (χ3n) is 5.74. The second-order valence-electron chi connectivity index (χ2n) is 7.86. The zero-order chi connectivity index (χ0) is 21.4. The zero-order valence-electron chi connectivity index (χ0n) is 17.3. The number of carbonyl (C=O) groups excluding carboxylic acids is 1. The lowest BCUT2D eigenvalue weighted by Crippen LogP contribution is -2.48. The van der Waals surface area contributed by atoms with Gasteiger partial charge in [0, 0.05) is 43.1 Å². The van der Waals surface area contributed by atoms with E-state index in [-0.39, 0.29) is 5.91 Å². The van der Waals surface area contributed by atoms with E-state index in [9.17, 15) is 4.79 Å². The number of benzene rings is 2. The molecule has 5 rings (SSSR count). The number of hydrogen-bond donors (Lipinski definition) is 0. The number of carbonyl (C=O) groups is 1. The molecule has 4 aromatic rings. The number of aromatic nitrogens is 2. The number of rotatable bonds is 4. The molecule has 0 bridgehead atoms. The van der Waals surface area contributed by atoms with E-state index in [1.165, 1.54) is 16.9 Å². The molecule has 0 spiro atoms. The minimum atomic E-state index is 0.114. The average molecular weight is 451 g/mol. The van der Waals surface area contributed by atoms with E-state index in [1.54, 1.807) is 0 Å². The van der Waals surface area contributed by atoms with Gasteiger partial charge in [0.1, 0.15) is 4.83 Å². The van der Waals surface area contributed by atoms with E-state index in [2.05, 4.69) is 34.3 Å². The van der Waals surface area contributed by atoms with Gasteiger partial charge >= 0.3 is 0 Å². The molecule has 0 N–H and O–H groups in total. The Morgan fingerprint density at radius 1 is 1.03 bits per heavy atom. The van der Waals surface area contributed by atoms with Crippen molar-refractivity contribution in [1.82, 2.24) is 19.6 Å². The summed E-state index contributed by atoms with van der Waals surface area (Å²) in [5.41, 5.74) is 3.18. The fraction of sp³-hybridized carbons (Fsp3) is 0.250. The van der Waals surface area contributed by atoms with Crippen LogP contribution in [-0.4, -0.2) is 51.7 Å². The first-order valence-electron chi connectivity index (χ1n) is 10.4. The quantitative estimate of drug-likeness (QED) is 0.439. The van der Waals surface area contributed by atoms with Crippen LogP contribution in [0.4, 0.5) is 0 Å². The van der Waals surface area contributed by atoms with Gasteiger partial charge in [-0.3, -0.25) is 9.69 Å². The molecule has 2 aromatic carbocycles. The smallest absolute Gasteiger partial charge is 0.264 e. The maximum atomic E-state index is 13.2. The topological polar surface area (TPSA) is 41.4 Å². The lowest BCUT2D eigenvalue weighted by molar-refractivity contribution is 0.0633. The van der Waals surface area contributed by atoms with Crippen LogP contribution in [0.5, 0.6) is 0 Å². The minimum Gasteiger partial charge on any atom is -0.335 e. The Morgan fingerprint density at radius 3 is 2.45 bits per heavy atom. The van der Waals surface area contributed by atoms with Crippen molar-refractivity contribution >= 4 is 39.1 Å². The van der Waals surface area contributed by atoms with Crippen LogP contribution in [0, 0.1) is 6.92 Å². The standard InChI is InChI=1S/C24H23ClN4OS/c1-17-21-15-22(31-24(21)29(26-17)20-9-7-19(25)8-10-20)23(30)28-13-11-27(12-14-28)16-18-5-3-2-4-6-18/h2-10,15H,11-14,16H2,1H3. The number of halogens is 1. The first-order chi connectivity index (χ1) is 15.1. The van der Waals surface area contributed by atoms with Crippen LogP contribution >= 0.6 is 22.9 Å². The fourth-order valence-electron chi connectivity index (χ4n) is 4.02. The van der Waals surface area contributed by atoms with Gasteiger partial charge in [-0.2, -0.15) is 5.10 Å². The zero-order valence-corrected chi connectivity index (χ0v) is 18.9. The number of piperazine rings is 1. The van der Waals surface area contributed by atoms with Crippen LogP contribution < -0.4 is 0 Å². The molecule has 0 radical (unpaired) electrons. The van der Waals surface area contributed by atoms with Crippen LogP contribution in [0.3, 0.4) is 0 Å². The van der Waals surface area contributed by atoms with Crippen molar-refractivity contribution in [1.29, 1.82) is 0 Å². The third kappa shape index (κ3) is 4.11. The molecule has 0 unspecified atom stereocenters. The summed E-state index contributed by atoms with van der Waals surface area (Å²) in [6.45, 7) is 6.20. The summed E-state index contributed by atoms with van der Waals surface area (Å²) in [6, 6.07) is 20.1. The van der Waals surface area contributed by atoms with Crippen molar-refractivity contribution in [3.63, 3.8) is 0 Å². The Balaban J connectivity index is 1.31. The summed E-state index contributed by atoms with van der Waals surface area (Å²) in [4.78, 5) is 19.4. The average Bonchev–Trinajstić information content (AvgIpc) is 3.36. The van der Waals surface area contributed by atoms with Gasteiger partial charge in [0.2, 0.25) is 0 Å². The highest BCUT2D eigenvalue weighted by Crippen LogP contribution is 2.31.